The molecule has 1 N–H and O–H groups in total. The number of nitrogens with one attached hydrogen (secondary N) is 1. The Kier molecular flexibility index (Phi) is 8.13. The Morgan fingerprint density at radius 3 is 2.11 bits per heavy atom. The molecule has 0 aromatic carbocycles. The number of rotatable bonds is 12. The zero-order valence-corrected chi connectivity index (χ0v) is 17.4. The quantitative estimate of drug-likeness (QED) is 0.575. The number of imidazole rings is 1. The summed E-state index contributed by atoms with van der Waals surface area (Å²) in [6.45, 7) is 8.75. The Hall–Kier alpha value is -2.05. The summed E-state index contributed by atoms with van der Waals surface area (Å²) < 4.78 is 3.42. The van der Waals surface area contributed by atoms with E-state index in [0.717, 1.165) is 38.4 Å². The summed E-state index contributed by atoms with van der Waals surface area (Å²) in [6, 6.07) is 0. The largest absolute Gasteiger partial charge is 0.343 e. The third kappa shape index (κ3) is 5.02. The van der Waals surface area contributed by atoms with Crippen LogP contribution in [0.2, 0.25) is 0 Å². The summed E-state index contributed by atoms with van der Waals surface area (Å²) in [4.78, 5) is 33.6. The molecule has 0 aliphatic rings. The second-order valence-electron chi connectivity index (χ2n) is 7.20. The van der Waals surface area contributed by atoms with E-state index in [0.29, 0.717) is 11.2 Å². The van der Waals surface area contributed by atoms with E-state index in [9.17, 15) is 9.59 Å². The zero-order chi connectivity index (χ0) is 19.8. The molecule has 0 atom stereocenters. The van der Waals surface area contributed by atoms with E-state index < -0.39 is 5.69 Å². The van der Waals surface area contributed by atoms with Gasteiger partial charge in [0.15, 0.2) is 11.2 Å². The fraction of sp³-hybridized carbons (Fsp3) is 0.750. The first-order chi connectivity index (χ1) is 13.0. The van der Waals surface area contributed by atoms with E-state index in [1.54, 1.807) is 7.05 Å². The number of nitrogens with zero attached hydrogens (tertiary/aromatic N) is 4. The monoisotopic (exact) mass is 377 g/mol. The molecular formula is C20H35N5O2. The summed E-state index contributed by atoms with van der Waals surface area (Å²) in [6.07, 6.45) is 9.92. The lowest BCUT2D eigenvalue weighted by Gasteiger charge is -2.21. The third-order valence-electron chi connectivity index (χ3n) is 5.27. The normalized spacial score (nSPS) is 11.4. The second kappa shape index (κ2) is 10.3. The lowest BCUT2D eigenvalue weighted by atomic mass is 10.1. The molecule has 0 spiro atoms. The molecule has 27 heavy (non-hydrogen) atoms. The lowest BCUT2D eigenvalue weighted by molar-refractivity contribution is 0.545. The molecule has 152 valence electrons. The van der Waals surface area contributed by atoms with Crippen molar-refractivity contribution in [1.82, 2.24) is 19.1 Å². The highest BCUT2D eigenvalue weighted by molar-refractivity contribution is 5.74. The minimum absolute atomic E-state index is 0.349. The number of fused-ring (bicyclic) bond motifs is 1. The van der Waals surface area contributed by atoms with Crippen LogP contribution in [0.15, 0.2) is 9.59 Å². The minimum Gasteiger partial charge on any atom is -0.343 e. The van der Waals surface area contributed by atoms with Crippen LogP contribution < -0.4 is 16.1 Å². The Labute approximate surface area is 161 Å². The fourth-order valence-electron chi connectivity index (χ4n) is 3.59. The number of anilines is 1. The number of H-pyrrole nitrogens is 1. The first-order valence-electron chi connectivity index (χ1n) is 10.5. The molecule has 0 amide bonds. The smallest absolute Gasteiger partial charge is 0.329 e. The van der Waals surface area contributed by atoms with Gasteiger partial charge in [0.2, 0.25) is 5.95 Å². The average Bonchev–Trinajstić information content (AvgIpc) is 3.03. The van der Waals surface area contributed by atoms with E-state index >= 15 is 0 Å². The van der Waals surface area contributed by atoms with E-state index in [1.807, 2.05) is 4.57 Å². The van der Waals surface area contributed by atoms with Gasteiger partial charge in [-0.1, -0.05) is 51.9 Å². The Balaban J connectivity index is 2.18. The van der Waals surface area contributed by atoms with Gasteiger partial charge in [-0.15, -0.1) is 0 Å². The topological polar surface area (TPSA) is 75.9 Å². The standard InChI is InChI=1S/C20H35N5O2/c1-5-8-9-10-11-12-13-14-15-25-16-17(21-19(25)24(6-2)7-3)23(4)20(27)22-18(16)26/h5-15H2,1-4H3,(H,22,26,27). The first-order valence-corrected chi connectivity index (χ1v) is 10.5. The highest BCUT2D eigenvalue weighted by Gasteiger charge is 2.19. The van der Waals surface area contributed by atoms with Crippen LogP contribution in [0.3, 0.4) is 0 Å². The molecule has 0 bridgehead atoms. The SMILES string of the molecule is CCCCCCCCCCn1c(N(CC)CC)nc2c1c(=O)[nH]c(=O)n2C. The van der Waals surface area contributed by atoms with Gasteiger partial charge in [-0.2, -0.15) is 4.98 Å². The molecule has 0 radical (unpaired) electrons. The van der Waals surface area contributed by atoms with E-state index in [4.69, 9.17) is 0 Å². The summed E-state index contributed by atoms with van der Waals surface area (Å²) in [5.74, 6) is 0.782. The van der Waals surface area contributed by atoms with Crippen LogP contribution in [-0.2, 0) is 13.6 Å². The van der Waals surface area contributed by atoms with Gasteiger partial charge in [-0.05, 0) is 20.3 Å². The predicted octanol–water partition coefficient (Wildman–Crippen LogP) is 3.41. The van der Waals surface area contributed by atoms with Gasteiger partial charge in [0.1, 0.15) is 0 Å². The molecule has 2 heterocycles. The molecule has 0 saturated heterocycles. The Bertz CT molecular complexity index is 829. The number of hydrogen-bond acceptors (Lipinski definition) is 4. The predicted molar refractivity (Wildman–Crippen MR) is 112 cm³/mol. The lowest BCUT2D eigenvalue weighted by Crippen LogP contribution is -2.29. The molecule has 2 aromatic rings. The van der Waals surface area contributed by atoms with Crippen molar-refractivity contribution in [3.63, 3.8) is 0 Å². The van der Waals surface area contributed by atoms with Crippen molar-refractivity contribution in [3.8, 4) is 0 Å². The van der Waals surface area contributed by atoms with Crippen LogP contribution in [0.1, 0.15) is 72.1 Å². The molecule has 7 heteroatoms. The molecule has 2 aromatic heterocycles. The average molecular weight is 378 g/mol. The second-order valence-corrected chi connectivity index (χ2v) is 7.20. The number of aromatic nitrogens is 4. The van der Waals surface area contributed by atoms with Crippen molar-refractivity contribution in [2.45, 2.75) is 78.7 Å². The van der Waals surface area contributed by atoms with Crippen LogP contribution in [0, 0.1) is 0 Å². The molecule has 7 nitrogen and oxygen atoms in total. The maximum atomic E-state index is 12.5. The molecule has 0 unspecified atom stereocenters. The fourth-order valence-corrected chi connectivity index (χ4v) is 3.59. The van der Waals surface area contributed by atoms with Gasteiger partial charge in [-0.25, -0.2) is 4.79 Å². The van der Waals surface area contributed by atoms with Crippen LogP contribution in [0.25, 0.3) is 11.2 Å². The van der Waals surface area contributed by atoms with E-state index in [-0.39, 0.29) is 5.56 Å². The van der Waals surface area contributed by atoms with Crippen molar-refractivity contribution < 1.29 is 0 Å². The highest BCUT2D eigenvalue weighted by atomic mass is 16.2. The summed E-state index contributed by atoms with van der Waals surface area (Å²) in [7, 11) is 1.65. The van der Waals surface area contributed by atoms with Crippen LogP contribution >= 0.6 is 0 Å². The van der Waals surface area contributed by atoms with E-state index in [2.05, 4.69) is 35.6 Å². The maximum absolute atomic E-state index is 12.5. The molecule has 0 aliphatic heterocycles. The maximum Gasteiger partial charge on any atom is 0.329 e. The molecular weight excluding hydrogens is 342 g/mol. The molecule has 0 aliphatic carbocycles. The van der Waals surface area contributed by atoms with Gasteiger partial charge >= 0.3 is 5.69 Å². The highest BCUT2D eigenvalue weighted by Crippen LogP contribution is 2.20. The van der Waals surface area contributed by atoms with Crippen LogP contribution in [-0.4, -0.2) is 32.2 Å². The third-order valence-corrected chi connectivity index (χ3v) is 5.27. The van der Waals surface area contributed by atoms with Crippen molar-refractivity contribution in [3.05, 3.63) is 20.8 Å². The summed E-state index contributed by atoms with van der Waals surface area (Å²) in [5, 5.41) is 0. The van der Waals surface area contributed by atoms with Crippen molar-refractivity contribution in [1.29, 1.82) is 0 Å². The van der Waals surface area contributed by atoms with Crippen molar-refractivity contribution >= 4 is 17.1 Å². The van der Waals surface area contributed by atoms with Gasteiger partial charge < -0.3 is 9.47 Å². The van der Waals surface area contributed by atoms with Crippen LogP contribution in [0.4, 0.5) is 5.95 Å². The number of aryl methyl sites for hydroxylation is 2. The van der Waals surface area contributed by atoms with Gasteiger partial charge in [0.25, 0.3) is 5.56 Å². The van der Waals surface area contributed by atoms with Crippen LogP contribution in [0.5, 0.6) is 0 Å². The molecule has 0 fully saturated rings. The number of unbranched alkanes of at least 4 members (excludes halogenated alkanes) is 7. The number of aromatic amines is 1. The van der Waals surface area contributed by atoms with E-state index in [1.165, 1.54) is 43.1 Å². The van der Waals surface area contributed by atoms with Crippen molar-refractivity contribution in [2.24, 2.45) is 7.05 Å². The zero-order valence-electron chi connectivity index (χ0n) is 17.4. The Morgan fingerprint density at radius 2 is 1.52 bits per heavy atom. The summed E-state index contributed by atoms with van der Waals surface area (Å²) in [5.41, 5.74) is 0.195. The van der Waals surface area contributed by atoms with Gasteiger partial charge in [0, 0.05) is 26.7 Å². The van der Waals surface area contributed by atoms with Gasteiger partial charge in [0.05, 0.1) is 0 Å². The molecule has 0 saturated carbocycles. The first kappa shape index (κ1) is 21.3. The summed E-state index contributed by atoms with van der Waals surface area (Å²) >= 11 is 0. The van der Waals surface area contributed by atoms with Gasteiger partial charge in [-0.3, -0.25) is 14.3 Å². The van der Waals surface area contributed by atoms with Crippen molar-refractivity contribution in [2.75, 3.05) is 18.0 Å². The Morgan fingerprint density at radius 1 is 0.926 bits per heavy atom. The number of hydrogen-bond donors (Lipinski definition) is 1. The molecule has 2 rings (SSSR count). The minimum atomic E-state index is -0.421.